The fraction of sp³-hybridized carbons (Fsp3) is 0.0208. The average molecular weight is 753 g/mol. The van der Waals surface area contributed by atoms with E-state index in [4.69, 9.17) is 18.9 Å². The molecular formula is C48H32O9. The molecule has 0 aliphatic carbocycles. The minimum Gasteiger partial charge on any atom is -0.497 e. The van der Waals surface area contributed by atoms with Crippen LogP contribution in [0.5, 0.6) is 23.0 Å². The van der Waals surface area contributed by atoms with E-state index < -0.39 is 17.9 Å². The number of ether oxygens (including phenoxy) is 4. The quantitative estimate of drug-likeness (QED) is 0.0682. The van der Waals surface area contributed by atoms with Crippen molar-refractivity contribution in [2.75, 3.05) is 7.11 Å². The maximum absolute atomic E-state index is 13.0. The lowest BCUT2D eigenvalue weighted by Gasteiger charge is -2.13. The predicted octanol–water partition coefficient (Wildman–Crippen LogP) is 9.98. The summed E-state index contributed by atoms with van der Waals surface area (Å²) in [7, 11) is 1.56. The second kappa shape index (κ2) is 17.0. The highest BCUT2D eigenvalue weighted by atomic mass is 16.5. The lowest BCUT2D eigenvalue weighted by atomic mass is 9.92. The summed E-state index contributed by atoms with van der Waals surface area (Å²) >= 11 is 0. The number of hydrogen-bond acceptors (Lipinski definition) is 9. The summed E-state index contributed by atoms with van der Waals surface area (Å²) in [5.41, 5.74) is 7.02. The predicted molar refractivity (Wildman–Crippen MR) is 214 cm³/mol. The summed E-state index contributed by atoms with van der Waals surface area (Å²) in [5.74, 6) is 0.0836. The van der Waals surface area contributed by atoms with Gasteiger partial charge in [0.15, 0.2) is 0 Å². The van der Waals surface area contributed by atoms with Gasteiger partial charge in [0, 0.05) is 11.1 Å². The highest BCUT2D eigenvalue weighted by molar-refractivity contribution is 5.94. The lowest BCUT2D eigenvalue weighted by molar-refractivity contribution is 0.0725. The van der Waals surface area contributed by atoms with E-state index in [2.05, 4.69) is 0 Å². The van der Waals surface area contributed by atoms with Gasteiger partial charge in [0.2, 0.25) is 0 Å². The second-order valence-electron chi connectivity index (χ2n) is 12.7. The van der Waals surface area contributed by atoms with Crippen LogP contribution in [0.25, 0.3) is 33.4 Å². The minimum atomic E-state index is -0.544. The molecule has 0 aliphatic rings. The monoisotopic (exact) mass is 752 g/mol. The van der Waals surface area contributed by atoms with Gasteiger partial charge >= 0.3 is 17.9 Å². The van der Waals surface area contributed by atoms with Gasteiger partial charge in [0.1, 0.15) is 35.6 Å². The highest BCUT2D eigenvalue weighted by Gasteiger charge is 2.15. The standard InChI is InChI=1S/C48H32O9/c1-54-42-22-24-45(25-23-42)57-48(53)38-16-10-35(11-17-38)41-27-39(33-6-12-36(13-7-33)46(51)55-43-18-2-31(29-49)3-19-43)26-40(28-41)34-8-14-37(15-9-34)47(52)56-44-20-4-32(30-50)5-21-44/h2-30H,1H3. The molecule has 9 nitrogen and oxygen atoms in total. The topological polar surface area (TPSA) is 122 Å². The van der Waals surface area contributed by atoms with Crippen LogP contribution >= 0.6 is 0 Å². The van der Waals surface area contributed by atoms with E-state index in [1.807, 2.05) is 54.6 Å². The zero-order valence-corrected chi connectivity index (χ0v) is 30.4. The lowest BCUT2D eigenvalue weighted by Crippen LogP contribution is -2.08. The van der Waals surface area contributed by atoms with Crippen molar-refractivity contribution in [2.45, 2.75) is 0 Å². The maximum atomic E-state index is 13.0. The number of methoxy groups -OCH3 is 1. The molecule has 9 heteroatoms. The Balaban J connectivity index is 1.16. The molecule has 0 saturated carbocycles. The van der Waals surface area contributed by atoms with Crippen LogP contribution in [-0.2, 0) is 0 Å². The van der Waals surface area contributed by atoms with Crippen LogP contribution in [0.2, 0.25) is 0 Å². The fourth-order valence-corrected chi connectivity index (χ4v) is 5.89. The van der Waals surface area contributed by atoms with Gasteiger partial charge in [-0.25, -0.2) is 14.4 Å². The third kappa shape index (κ3) is 9.08. The average Bonchev–Trinajstić information content (AvgIpc) is 3.27. The first-order valence-corrected chi connectivity index (χ1v) is 17.7. The van der Waals surface area contributed by atoms with Gasteiger partial charge in [-0.2, -0.15) is 0 Å². The van der Waals surface area contributed by atoms with E-state index in [1.165, 1.54) is 0 Å². The Kier molecular flexibility index (Phi) is 11.2. The first kappa shape index (κ1) is 37.4. The van der Waals surface area contributed by atoms with E-state index >= 15 is 0 Å². The molecule has 0 fully saturated rings. The summed E-state index contributed by atoms with van der Waals surface area (Å²) in [6, 6.07) is 46.4. The number of hydrogen-bond donors (Lipinski definition) is 0. The molecule has 0 heterocycles. The summed E-state index contributed by atoms with van der Waals surface area (Å²) in [6.07, 6.45) is 1.43. The maximum Gasteiger partial charge on any atom is 0.343 e. The third-order valence-electron chi connectivity index (χ3n) is 9.02. The van der Waals surface area contributed by atoms with E-state index in [-0.39, 0.29) is 0 Å². The Morgan fingerprint density at radius 1 is 0.351 bits per heavy atom. The van der Waals surface area contributed by atoms with Crippen molar-refractivity contribution in [3.63, 3.8) is 0 Å². The Morgan fingerprint density at radius 2 is 0.614 bits per heavy atom. The normalized spacial score (nSPS) is 10.5. The highest BCUT2D eigenvalue weighted by Crippen LogP contribution is 2.34. The first-order chi connectivity index (χ1) is 27.8. The molecule has 0 N–H and O–H groups in total. The summed E-state index contributed by atoms with van der Waals surface area (Å²) in [5, 5.41) is 0. The largest absolute Gasteiger partial charge is 0.497 e. The van der Waals surface area contributed by atoms with Gasteiger partial charge < -0.3 is 18.9 Å². The van der Waals surface area contributed by atoms with Crippen molar-refractivity contribution in [3.8, 4) is 56.4 Å². The smallest absolute Gasteiger partial charge is 0.343 e. The molecule has 0 saturated heterocycles. The number of benzene rings is 7. The second-order valence-corrected chi connectivity index (χ2v) is 12.7. The molecule has 7 aromatic carbocycles. The molecule has 0 spiro atoms. The van der Waals surface area contributed by atoms with E-state index in [9.17, 15) is 24.0 Å². The van der Waals surface area contributed by atoms with Crippen LogP contribution in [-0.4, -0.2) is 37.6 Å². The summed E-state index contributed by atoms with van der Waals surface area (Å²) in [6.45, 7) is 0. The van der Waals surface area contributed by atoms with Crippen molar-refractivity contribution in [1.82, 2.24) is 0 Å². The molecule has 0 aliphatic heterocycles. The zero-order valence-electron chi connectivity index (χ0n) is 30.4. The minimum absolute atomic E-state index is 0.319. The zero-order chi connectivity index (χ0) is 39.7. The Bertz CT molecular complexity index is 2430. The first-order valence-electron chi connectivity index (χ1n) is 17.7. The van der Waals surface area contributed by atoms with Gasteiger partial charge in [-0.1, -0.05) is 36.4 Å². The molecule has 0 atom stereocenters. The van der Waals surface area contributed by atoms with Gasteiger partial charge in [0.05, 0.1) is 23.8 Å². The third-order valence-corrected chi connectivity index (χ3v) is 9.02. The van der Waals surface area contributed by atoms with Crippen LogP contribution in [0.15, 0.2) is 164 Å². The van der Waals surface area contributed by atoms with Crippen LogP contribution in [0.3, 0.4) is 0 Å². The van der Waals surface area contributed by atoms with Crippen LogP contribution in [0.4, 0.5) is 0 Å². The molecule has 0 unspecified atom stereocenters. The van der Waals surface area contributed by atoms with E-state index in [1.54, 1.807) is 116 Å². The number of aldehydes is 2. The van der Waals surface area contributed by atoms with Crippen LogP contribution in [0.1, 0.15) is 51.8 Å². The van der Waals surface area contributed by atoms with Gasteiger partial charge in [-0.15, -0.1) is 0 Å². The molecule has 0 radical (unpaired) electrons. The van der Waals surface area contributed by atoms with Crippen molar-refractivity contribution in [3.05, 3.63) is 192 Å². The van der Waals surface area contributed by atoms with Crippen molar-refractivity contribution < 1.29 is 42.9 Å². The molecular weight excluding hydrogens is 721 g/mol. The fourth-order valence-electron chi connectivity index (χ4n) is 5.89. The molecule has 0 aromatic heterocycles. The van der Waals surface area contributed by atoms with Crippen molar-refractivity contribution in [1.29, 1.82) is 0 Å². The van der Waals surface area contributed by atoms with Crippen LogP contribution in [0, 0.1) is 0 Å². The molecule has 0 bridgehead atoms. The summed E-state index contributed by atoms with van der Waals surface area (Å²) < 4.78 is 21.7. The van der Waals surface area contributed by atoms with E-state index in [0.717, 1.165) is 33.4 Å². The Labute approximate surface area is 327 Å². The molecule has 0 amide bonds. The Morgan fingerprint density at radius 3 is 0.877 bits per heavy atom. The number of carbonyl (C=O) groups is 5. The molecule has 7 rings (SSSR count). The van der Waals surface area contributed by atoms with Crippen molar-refractivity contribution in [2.24, 2.45) is 0 Å². The number of rotatable bonds is 12. The van der Waals surface area contributed by atoms with Gasteiger partial charge in [0.25, 0.3) is 0 Å². The van der Waals surface area contributed by atoms with E-state index in [0.29, 0.717) is 63.4 Å². The van der Waals surface area contributed by atoms with Crippen LogP contribution < -0.4 is 18.9 Å². The molecule has 57 heavy (non-hydrogen) atoms. The molecule has 7 aromatic rings. The number of esters is 3. The van der Waals surface area contributed by atoms with Gasteiger partial charge in [-0.3, -0.25) is 9.59 Å². The SMILES string of the molecule is COc1ccc(OC(=O)c2ccc(-c3cc(-c4ccc(C(=O)Oc5ccc(C=O)cc5)cc4)cc(-c4ccc(C(=O)Oc5ccc(C=O)cc5)cc4)c3)cc2)cc1. The number of carbonyl (C=O) groups excluding carboxylic acids is 5. The Hall–Kier alpha value is -7.91. The molecule has 278 valence electrons. The van der Waals surface area contributed by atoms with Gasteiger partial charge in [-0.05, 0) is 161 Å². The van der Waals surface area contributed by atoms with Crippen molar-refractivity contribution >= 4 is 30.5 Å². The summed E-state index contributed by atoms with van der Waals surface area (Å²) in [4.78, 5) is 60.8.